The van der Waals surface area contributed by atoms with Crippen LogP contribution in [0, 0.1) is 0 Å². The van der Waals surface area contributed by atoms with Gasteiger partial charge in [-0.05, 0) is 113 Å². The van der Waals surface area contributed by atoms with Gasteiger partial charge in [0.25, 0.3) is 0 Å². The quantitative estimate of drug-likeness (QED) is 0.123. The number of anilines is 3. The summed E-state index contributed by atoms with van der Waals surface area (Å²) in [6, 6.07) is 47.0. The van der Waals surface area contributed by atoms with Gasteiger partial charge >= 0.3 is 6.85 Å². The van der Waals surface area contributed by atoms with Gasteiger partial charge in [-0.1, -0.05) is 141 Å². The summed E-state index contributed by atoms with van der Waals surface area (Å²) in [6.45, 7) is 21.2. The van der Waals surface area contributed by atoms with Crippen molar-refractivity contribution in [2.24, 2.45) is 0 Å². The molecule has 2 aliphatic rings. The molecule has 3 heteroatoms. The molecule has 8 aromatic rings. The van der Waals surface area contributed by atoms with E-state index in [4.69, 9.17) is 0 Å². The van der Waals surface area contributed by atoms with Crippen LogP contribution in [-0.4, -0.2) is 11.3 Å². The van der Waals surface area contributed by atoms with E-state index in [2.05, 4.69) is 193 Å². The molecule has 2 nitrogen and oxygen atoms in total. The van der Waals surface area contributed by atoms with E-state index in [0.29, 0.717) is 0 Å². The van der Waals surface area contributed by atoms with Gasteiger partial charge in [-0.3, -0.25) is 0 Å². The molecule has 0 aliphatic carbocycles. The minimum absolute atomic E-state index is 0.0131. The summed E-state index contributed by atoms with van der Waals surface area (Å²) < 4.78 is 2.68. The van der Waals surface area contributed by atoms with Crippen LogP contribution in [-0.2, 0) is 16.2 Å². The standard InChI is InChI=1S/C50H47BN2/c1-48(2,3)34-25-35(49(4,5)6)27-37(26-34)52-44-24-33-22-31-16-11-10-15-30(31)21-32(33)23-42(44)51-46-41(28-36(29-45(46)52)50(7,8)9)40-19-14-18-39-38-17-12-13-20-43(38)53(51)47(39)40/h10-29H,1-9H3. The molecule has 1 aromatic heterocycles. The molecule has 0 bridgehead atoms. The molecule has 0 saturated carbocycles. The lowest BCUT2D eigenvalue weighted by molar-refractivity contribution is 0.569. The van der Waals surface area contributed by atoms with E-state index in [1.807, 2.05) is 0 Å². The van der Waals surface area contributed by atoms with Gasteiger partial charge in [0.15, 0.2) is 0 Å². The minimum Gasteiger partial charge on any atom is -0.375 e. The van der Waals surface area contributed by atoms with Crippen LogP contribution in [0.15, 0.2) is 121 Å². The molecule has 0 saturated heterocycles. The highest BCUT2D eigenvalue weighted by atomic mass is 15.2. The van der Waals surface area contributed by atoms with Crippen molar-refractivity contribution in [2.45, 2.75) is 78.6 Å². The summed E-state index contributed by atoms with van der Waals surface area (Å²) in [5, 5.41) is 7.75. The Labute approximate surface area is 314 Å². The molecule has 260 valence electrons. The van der Waals surface area contributed by atoms with E-state index in [1.165, 1.54) is 99.2 Å². The average Bonchev–Trinajstić information content (AvgIpc) is 3.45. The highest BCUT2D eigenvalue weighted by Gasteiger charge is 2.44. The molecular weight excluding hydrogens is 639 g/mol. The third-order valence-electron chi connectivity index (χ3n) is 12.1. The van der Waals surface area contributed by atoms with Crippen molar-refractivity contribution in [1.82, 2.24) is 4.48 Å². The van der Waals surface area contributed by atoms with E-state index < -0.39 is 0 Å². The predicted octanol–water partition coefficient (Wildman–Crippen LogP) is 12.4. The SMILES string of the molecule is CC(C)(C)c1cc(N2c3cc4cc5ccccc5cc4cc3B3c4c(cc(C(C)(C)C)cc42)-c2cccc4c5ccccc5n3c24)cc(C(C)(C)C)c1. The van der Waals surface area contributed by atoms with Crippen molar-refractivity contribution in [1.29, 1.82) is 0 Å². The van der Waals surface area contributed by atoms with E-state index in [9.17, 15) is 0 Å². The highest BCUT2D eigenvalue weighted by Crippen LogP contribution is 2.48. The van der Waals surface area contributed by atoms with Crippen LogP contribution >= 0.6 is 0 Å². The van der Waals surface area contributed by atoms with Gasteiger partial charge in [-0.25, -0.2) is 0 Å². The lowest BCUT2D eigenvalue weighted by Gasteiger charge is -2.42. The van der Waals surface area contributed by atoms with Crippen LogP contribution in [0.2, 0.25) is 0 Å². The Morgan fingerprint density at radius 2 is 1.04 bits per heavy atom. The summed E-state index contributed by atoms with van der Waals surface area (Å²) in [6.07, 6.45) is 0. The number of para-hydroxylation sites is 2. The number of nitrogens with zero attached hydrogens (tertiary/aromatic N) is 2. The van der Waals surface area contributed by atoms with Crippen molar-refractivity contribution in [3.8, 4) is 11.1 Å². The van der Waals surface area contributed by atoms with Crippen LogP contribution in [0.3, 0.4) is 0 Å². The number of aromatic nitrogens is 1. The van der Waals surface area contributed by atoms with Crippen molar-refractivity contribution in [3.63, 3.8) is 0 Å². The second kappa shape index (κ2) is 10.7. The lowest BCUT2D eigenvalue weighted by Crippen LogP contribution is -2.56. The zero-order chi connectivity index (χ0) is 36.8. The van der Waals surface area contributed by atoms with Crippen molar-refractivity contribution in [3.05, 3.63) is 138 Å². The molecule has 7 aromatic carbocycles. The van der Waals surface area contributed by atoms with Gasteiger partial charge in [0, 0.05) is 44.4 Å². The first-order valence-electron chi connectivity index (χ1n) is 19.3. The zero-order valence-electron chi connectivity index (χ0n) is 32.5. The van der Waals surface area contributed by atoms with Gasteiger partial charge in [-0.15, -0.1) is 0 Å². The molecule has 2 aliphatic heterocycles. The van der Waals surface area contributed by atoms with Crippen LogP contribution in [0.5, 0.6) is 0 Å². The Kier molecular flexibility index (Phi) is 6.51. The smallest absolute Gasteiger partial charge is 0.333 e. The minimum atomic E-state index is -0.0445. The fourth-order valence-electron chi connectivity index (χ4n) is 9.15. The normalized spacial score (nSPS) is 14.1. The van der Waals surface area contributed by atoms with E-state index in [-0.39, 0.29) is 23.1 Å². The maximum absolute atomic E-state index is 2.68. The summed E-state index contributed by atoms with van der Waals surface area (Å²) >= 11 is 0. The molecule has 0 radical (unpaired) electrons. The van der Waals surface area contributed by atoms with Crippen LogP contribution < -0.4 is 15.8 Å². The molecule has 0 N–H and O–H groups in total. The van der Waals surface area contributed by atoms with E-state index >= 15 is 0 Å². The maximum Gasteiger partial charge on any atom is 0.333 e. The second-order valence-electron chi connectivity index (χ2n) is 18.8. The van der Waals surface area contributed by atoms with Gasteiger partial charge in [0.05, 0.1) is 0 Å². The fraction of sp³-hybridized carbons (Fsp3) is 0.240. The third-order valence-corrected chi connectivity index (χ3v) is 12.1. The maximum atomic E-state index is 2.68. The first-order valence-corrected chi connectivity index (χ1v) is 19.3. The molecule has 0 spiro atoms. The number of hydrogen-bond acceptors (Lipinski definition) is 1. The van der Waals surface area contributed by atoms with Gasteiger partial charge in [0.1, 0.15) is 0 Å². The summed E-state index contributed by atoms with van der Waals surface area (Å²) in [4.78, 5) is 2.63. The molecular formula is C50H47BN2. The average molecular weight is 687 g/mol. The molecule has 53 heavy (non-hydrogen) atoms. The molecule has 0 atom stereocenters. The van der Waals surface area contributed by atoms with Gasteiger partial charge < -0.3 is 9.38 Å². The van der Waals surface area contributed by atoms with E-state index in [0.717, 1.165) is 0 Å². The number of hydrogen-bond donors (Lipinski definition) is 0. The number of rotatable bonds is 1. The van der Waals surface area contributed by atoms with Crippen molar-refractivity contribution in [2.75, 3.05) is 4.90 Å². The van der Waals surface area contributed by atoms with Crippen LogP contribution in [0.1, 0.15) is 79.0 Å². The molecule has 0 unspecified atom stereocenters. The van der Waals surface area contributed by atoms with Crippen LogP contribution in [0.4, 0.5) is 17.1 Å². The van der Waals surface area contributed by atoms with Gasteiger partial charge in [0.2, 0.25) is 0 Å². The van der Waals surface area contributed by atoms with E-state index in [1.54, 1.807) is 0 Å². The molecule has 10 rings (SSSR count). The Morgan fingerprint density at radius 3 is 1.70 bits per heavy atom. The monoisotopic (exact) mass is 686 g/mol. The van der Waals surface area contributed by atoms with Gasteiger partial charge in [-0.2, -0.15) is 0 Å². The first kappa shape index (κ1) is 32.4. The topological polar surface area (TPSA) is 8.17 Å². The van der Waals surface area contributed by atoms with Crippen molar-refractivity contribution >= 4 is 78.2 Å². The molecule has 0 amide bonds. The third kappa shape index (κ3) is 4.72. The number of fused-ring (bicyclic) bond motifs is 9. The second-order valence-corrected chi connectivity index (χ2v) is 18.8. The lowest BCUT2D eigenvalue weighted by atomic mass is 9.44. The zero-order valence-corrected chi connectivity index (χ0v) is 32.5. The molecule has 3 heterocycles. The largest absolute Gasteiger partial charge is 0.375 e. The molecule has 0 fully saturated rings. The Bertz CT molecular complexity index is 2820. The Hall–Kier alpha value is -5.28. The Balaban J connectivity index is 1.41. The van der Waals surface area contributed by atoms with Crippen LogP contribution in [0.25, 0.3) is 54.5 Å². The summed E-state index contributed by atoms with van der Waals surface area (Å²) in [5.41, 5.74) is 15.8. The highest BCUT2D eigenvalue weighted by molar-refractivity contribution is 6.90. The fourth-order valence-corrected chi connectivity index (χ4v) is 9.15. The Morgan fingerprint density at radius 1 is 0.453 bits per heavy atom. The summed E-state index contributed by atoms with van der Waals surface area (Å²) in [5.74, 6) is 0. The van der Waals surface area contributed by atoms with Crippen molar-refractivity contribution < 1.29 is 0 Å². The predicted molar refractivity (Wildman–Crippen MR) is 231 cm³/mol. The number of benzene rings is 7. The summed E-state index contributed by atoms with van der Waals surface area (Å²) in [7, 11) is 0. The first-order chi connectivity index (χ1) is 25.2.